The van der Waals surface area contributed by atoms with Gasteiger partial charge in [0.15, 0.2) is 0 Å². The lowest BCUT2D eigenvalue weighted by Gasteiger charge is -2.20. The van der Waals surface area contributed by atoms with Gasteiger partial charge in [-0.05, 0) is 26.0 Å². The van der Waals surface area contributed by atoms with Crippen LogP contribution in [0.2, 0.25) is 5.15 Å². The Balaban J connectivity index is 2.76. The van der Waals surface area contributed by atoms with E-state index in [9.17, 15) is 4.79 Å². The monoisotopic (exact) mass is 271 g/mol. The van der Waals surface area contributed by atoms with Crippen molar-refractivity contribution in [3.8, 4) is 0 Å². The molecule has 0 spiro atoms. The van der Waals surface area contributed by atoms with E-state index in [-0.39, 0.29) is 16.9 Å². The normalized spacial score (nSPS) is 10.4. The summed E-state index contributed by atoms with van der Waals surface area (Å²) in [7, 11) is 0. The van der Waals surface area contributed by atoms with Crippen molar-refractivity contribution in [2.45, 2.75) is 13.8 Å². The van der Waals surface area contributed by atoms with Crippen LogP contribution in [0.15, 0.2) is 12.1 Å². The van der Waals surface area contributed by atoms with Gasteiger partial charge >= 0.3 is 0 Å². The summed E-state index contributed by atoms with van der Waals surface area (Å²) in [6, 6.07) is 3.04. The molecule has 6 heteroatoms. The zero-order chi connectivity index (χ0) is 13.5. The fourth-order valence-electron chi connectivity index (χ4n) is 1.55. The minimum Gasteiger partial charge on any atom is -0.384 e. The van der Waals surface area contributed by atoms with Gasteiger partial charge in [0.05, 0.1) is 6.61 Å². The van der Waals surface area contributed by atoms with Crippen LogP contribution >= 0.6 is 11.6 Å². The molecule has 2 N–H and O–H groups in total. The highest BCUT2D eigenvalue weighted by molar-refractivity contribution is 6.29. The smallest absolute Gasteiger partial charge is 0.254 e. The van der Waals surface area contributed by atoms with Gasteiger partial charge in [0.1, 0.15) is 11.0 Å². The number of ether oxygens (including phenoxy) is 1. The molecule has 0 fully saturated rings. The van der Waals surface area contributed by atoms with Gasteiger partial charge < -0.3 is 15.4 Å². The van der Waals surface area contributed by atoms with E-state index in [1.165, 1.54) is 12.1 Å². The zero-order valence-corrected chi connectivity index (χ0v) is 11.4. The van der Waals surface area contributed by atoms with Gasteiger partial charge in [-0.2, -0.15) is 0 Å². The Bertz CT molecular complexity index is 392. The number of likely N-dealkylation sites (N-methyl/N-ethyl adjacent to an activating group) is 1. The fourth-order valence-corrected chi connectivity index (χ4v) is 1.76. The molecule has 1 heterocycles. The molecule has 100 valence electrons. The summed E-state index contributed by atoms with van der Waals surface area (Å²) >= 11 is 5.78. The Kier molecular flexibility index (Phi) is 5.88. The van der Waals surface area contributed by atoms with Crippen LogP contribution in [-0.4, -0.2) is 42.1 Å². The van der Waals surface area contributed by atoms with E-state index in [4.69, 9.17) is 22.1 Å². The Morgan fingerprint density at radius 1 is 1.50 bits per heavy atom. The van der Waals surface area contributed by atoms with Crippen molar-refractivity contribution in [3.05, 3.63) is 22.8 Å². The van der Waals surface area contributed by atoms with Crippen molar-refractivity contribution in [1.82, 2.24) is 9.88 Å². The maximum atomic E-state index is 12.2. The minimum absolute atomic E-state index is 0.117. The summed E-state index contributed by atoms with van der Waals surface area (Å²) in [6.45, 7) is 6.14. The highest BCUT2D eigenvalue weighted by Gasteiger charge is 2.15. The number of nitrogens with two attached hydrogens (primary N) is 1. The number of anilines is 1. The summed E-state index contributed by atoms with van der Waals surface area (Å²) in [6.07, 6.45) is 0. The van der Waals surface area contributed by atoms with Crippen molar-refractivity contribution in [1.29, 1.82) is 0 Å². The first-order valence-electron chi connectivity index (χ1n) is 5.88. The first kappa shape index (κ1) is 14.7. The van der Waals surface area contributed by atoms with Crippen molar-refractivity contribution in [3.63, 3.8) is 0 Å². The zero-order valence-electron chi connectivity index (χ0n) is 10.6. The highest BCUT2D eigenvalue weighted by Crippen LogP contribution is 2.14. The second-order valence-corrected chi connectivity index (χ2v) is 4.07. The van der Waals surface area contributed by atoms with Gasteiger partial charge in [-0.3, -0.25) is 4.79 Å². The fraction of sp³-hybridized carbons (Fsp3) is 0.500. The Hall–Kier alpha value is -1.33. The quantitative estimate of drug-likeness (QED) is 0.633. The van der Waals surface area contributed by atoms with Crippen molar-refractivity contribution < 1.29 is 9.53 Å². The van der Waals surface area contributed by atoms with Crippen molar-refractivity contribution >= 4 is 23.3 Å². The molecule has 0 aliphatic rings. The predicted octanol–water partition coefficient (Wildman–Crippen LogP) is 1.82. The van der Waals surface area contributed by atoms with Crippen LogP contribution < -0.4 is 5.73 Å². The molecule has 5 nitrogen and oxygen atoms in total. The molecule has 1 amide bonds. The predicted molar refractivity (Wildman–Crippen MR) is 71.7 cm³/mol. The van der Waals surface area contributed by atoms with Crippen LogP contribution in [0.1, 0.15) is 24.2 Å². The van der Waals surface area contributed by atoms with Gasteiger partial charge in [-0.25, -0.2) is 4.98 Å². The number of hydrogen-bond acceptors (Lipinski definition) is 4. The van der Waals surface area contributed by atoms with Crippen LogP contribution in [-0.2, 0) is 4.74 Å². The first-order chi connectivity index (χ1) is 8.58. The molecule has 0 unspecified atom stereocenters. The number of hydrogen-bond donors (Lipinski definition) is 1. The number of aromatic nitrogens is 1. The van der Waals surface area contributed by atoms with Crippen molar-refractivity contribution in [2.75, 3.05) is 32.0 Å². The van der Waals surface area contributed by atoms with Crippen LogP contribution in [0.5, 0.6) is 0 Å². The lowest BCUT2D eigenvalue weighted by atomic mass is 10.2. The molecule has 0 aromatic carbocycles. The third-order valence-corrected chi connectivity index (χ3v) is 2.63. The number of rotatable bonds is 6. The SMILES string of the molecule is CCOCCN(CC)C(=O)c1cc(N)nc(Cl)c1. The maximum absolute atomic E-state index is 12.2. The van der Waals surface area contributed by atoms with Gasteiger partial charge in [0, 0.05) is 25.3 Å². The molecule has 0 radical (unpaired) electrons. The number of pyridine rings is 1. The van der Waals surface area contributed by atoms with Gasteiger partial charge in [0.2, 0.25) is 0 Å². The van der Waals surface area contributed by atoms with E-state index >= 15 is 0 Å². The van der Waals surface area contributed by atoms with E-state index in [1.54, 1.807) is 4.90 Å². The standard InChI is InChI=1S/C12H18ClN3O2/c1-3-16(5-6-18-4-2)12(17)9-7-10(13)15-11(14)8-9/h7-8H,3-6H2,1-2H3,(H2,14,15). The van der Waals surface area contributed by atoms with E-state index in [1.807, 2.05) is 13.8 Å². The number of carbonyl (C=O) groups is 1. The lowest BCUT2D eigenvalue weighted by Crippen LogP contribution is -2.34. The molecule has 0 bridgehead atoms. The summed E-state index contributed by atoms with van der Waals surface area (Å²) < 4.78 is 5.24. The van der Waals surface area contributed by atoms with Crippen molar-refractivity contribution in [2.24, 2.45) is 0 Å². The Morgan fingerprint density at radius 3 is 2.78 bits per heavy atom. The average molecular weight is 272 g/mol. The summed E-state index contributed by atoms with van der Waals surface area (Å²) in [5.41, 5.74) is 6.02. The molecule has 18 heavy (non-hydrogen) atoms. The summed E-state index contributed by atoms with van der Waals surface area (Å²) in [4.78, 5) is 17.7. The van der Waals surface area contributed by atoms with E-state index in [0.29, 0.717) is 31.9 Å². The third kappa shape index (κ3) is 4.16. The number of halogens is 1. The number of carbonyl (C=O) groups excluding carboxylic acids is 1. The largest absolute Gasteiger partial charge is 0.384 e. The molecule has 1 aromatic heterocycles. The van der Waals surface area contributed by atoms with Gasteiger partial charge in [-0.1, -0.05) is 11.6 Å². The minimum atomic E-state index is -0.117. The number of amides is 1. The summed E-state index contributed by atoms with van der Waals surface area (Å²) in [5.74, 6) is 0.125. The second kappa shape index (κ2) is 7.18. The molecule has 0 aliphatic carbocycles. The molecule has 0 aliphatic heterocycles. The number of nitrogens with zero attached hydrogens (tertiary/aromatic N) is 2. The maximum Gasteiger partial charge on any atom is 0.254 e. The molecule has 0 saturated carbocycles. The van der Waals surface area contributed by atoms with Gasteiger partial charge in [-0.15, -0.1) is 0 Å². The molecular weight excluding hydrogens is 254 g/mol. The van der Waals surface area contributed by atoms with E-state index in [0.717, 1.165) is 0 Å². The Morgan fingerprint density at radius 2 is 2.22 bits per heavy atom. The van der Waals surface area contributed by atoms with Crippen LogP contribution in [0.4, 0.5) is 5.82 Å². The molecule has 0 saturated heterocycles. The topological polar surface area (TPSA) is 68.5 Å². The second-order valence-electron chi connectivity index (χ2n) is 3.69. The molecule has 0 atom stereocenters. The van der Waals surface area contributed by atoms with E-state index < -0.39 is 0 Å². The van der Waals surface area contributed by atoms with Crippen LogP contribution in [0.25, 0.3) is 0 Å². The number of nitrogen functional groups attached to an aromatic ring is 1. The third-order valence-electron chi connectivity index (χ3n) is 2.44. The average Bonchev–Trinajstić information content (AvgIpc) is 2.33. The van der Waals surface area contributed by atoms with Crippen LogP contribution in [0.3, 0.4) is 0 Å². The highest BCUT2D eigenvalue weighted by atomic mass is 35.5. The Labute approximate surface area is 112 Å². The summed E-state index contributed by atoms with van der Waals surface area (Å²) in [5, 5.41) is 0.221. The first-order valence-corrected chi connectivity index (χ1v) is 6.26. The molecule has 1 rings (SSSR count). The lowest BCUT2D eigenvalue weighted by molar-refractivity contribution is 0.0669. The van der Waals surface area contributed by atoms with Crippen LogP contribution in [0, 0.1) is 0 Å². The molecule has 1 aromatic rings. The van der Waals surface area contributed by atoms with E-state index in [2.05, 4.69) is 4.98 Å². The molecular formula is C12H18ClN3O2. The van der Waals surface area contributed by atoms with Gasteiger partial charge in [0.25, 0.3) is 5.91 Å².